The van der Waals surface area contributed by atoms with Crippen molar-refractivity contribution in [2.75, 3.05) is 13.7 Å². The average Bonchev–Trinajstić information content (AvgIpc) is 2.47. The lowest BCUT2D eigenvalue weighted by molar-refractivity contribution is 0.406. The van der Waals surface area contributed by atoms with Gasteiger partial charge in [-0.15, -0.1) is 0 Å². The third-order valence-corrected chi connectivity index (χ3v) is 3.53. The summed E-state index contributed by atoms with van der Waals surface area (Å²) >= 11 is 0. The molecule has 2 aromatic rings. The molecule has 0 spiro atoms. The number of para-hydroxylation sites is 1. The Labute approximate surface area is 125 Å². The zero-order chi connectivity index (χ0) is 15.2. The van der Waals surface area contributed by atoms with Crippen molar-refractivity contribution in [3.05, 3.63) is 53.6 Å². The summed E-state index contributed by atoms with van der Waals surface area (Å²) in [5.74, 6) is 1.08. The van der Waals surface area contributed by atoms with Crippen LogP contribution in [-0.4, -0.2) is 23.9 Å². The van der Waals surface area contributed by atoms with Gasteiger partial charge in [0, 0.05) is 6.04 Å². The maximum absolute atomic E-state index is 9.84. The minimum Gasteiger partial charge on any atom is -0.507 e. The van der Waals surface area contributed by atoms with Gasteiger partial charge in [-0.05, 0) is 43.7 Å². The summed E-state index contributed by atoms with van der Waals surface area (Å²) in [4.78, 5) is 0. The largest absolute Gasteiger partial charge is 0.507 e. The lowest BCUT2D eigenvalue weighted by atomic mass is 10.1. The van der Waals surface area contributed by atoms with Gasteiger partial charge in [0.1, 0.15) is 17.2 Å². The van der Waals surface area contributed by atoms with Crippen LogP contribution in [0.3, 0.4) is 0 Å². The van der Waals surface area contributed by atoms with E-state index in [0.29, 0.717) is 5.56 Å². The summed E-state index contributed by atoms with van der Waals surface area (Å²) < 4.78 is 5.32. The fourth-order valence-corrected chi connectivity index (χ4v) is 2.42. The van der Waals surface area contributed by atoms with E-state index in [0.717, 1.165) is 24.3 Å². The molecule has 0 saturated carbocycles. The molecule has 0 bridgehead atoms. The Morgan fingerprint density at radius 1 is 1.05 bits per heavy atom. The Morgan fingerprint density at radius 2 is 1.71 bits per heavy atom. The van der Waals surface area contributed by atoms with Crippen molar-refractivity contribution in [1.29, 1.82) is 0 Å². The van der Waals surface area contributed by atoms with E-state index in [1.54, 1.807) is 25.3 Å². The van der Waals surface area contributed by atoms with E-state index >= 15 is 0 Å². The van der Waals surface area contributed by atoms with E-state index in [1.165, 1.54) is 0 Å². The number of aromatic hydroxyl groups is 2. The summed E-state index contributed by atoms with van der Waals surface area (Å²) in [5.41, 5.74) is 1.65. The minimum absolute atomic E-state index is 0.104. The van der Waals surface area contributed by atoms with Crippen LogP contribution in [-0.2, 0) is 6.42 Å². The zero-order valence-electron chi connectivity index (χ0n) is 12.3. The molecule has 0 radical (unpaired) electrons. The van der Waals surface area contributed by atoms with Gasteiger partial charge >= 0.3 is 0 Å². The first-order chi connectivity index (χ1) is 10.1. The van der Waals surface area contributed by atoms with Crippen LogP contribution in [0.1, 0.15) is 24.1 Å². The van der Waals surface area contributed by atoms with E-state index < -0.39 is 0 Å². The van der Waals surface area contributed by atoms with Crippen molar-refractivity contribution in [2.45, 2.75) is 19.4 Å². The van der Waals surface area contributed by atoms with Crippen LogP contribution in [0.2, 0.25) is 0 Å². The molecule has 0 aromatic heterocycles. The van der Waals surface area contributed by atoms with E-state index in [9.17, 15) is 10.2 Å². The summed E-state index contributed by atoms with van der Waals surface area (Å²) in [6.45, 7) is 2.63. The molecule has 0 fully saturated rings. The van der Waals surface area contributed by atoms with Crippen molar-refractivity contribution in [3.8, 4) is 17.2 Å². The highest BCUT2D eigenvalue weighted by atomic mass is 16.5. The molecule has 21 heavy (non-hydrogen) atoms. The van der Waals surface area contributed by atoms with Gasteiger partial charge in [-0.2, -0.15) is 0 Å². The lowest BCUT2D eigenvalue weighted by Gasteiger charge is -2.17. The quantitative estimate of drug-likeness (QED) is 0.764. The summed E-state index contributed by atoms with van der Waals surface area (Å²) in [6.07, 6.45) is 0.808. The first kappa shape index (κ1) is 15.2. The molecular formula is C17H21NO3. The molecule has 0 saturated heterocycles. The van der Waals surface area contributed by atoms with Crippen LogP contribution >= 0.6 is 0 Å². The number of phenolic OH excluding ortho intramolecular Hbond substituents is 2. The number of ether oxygens (including phenoxy) is 1. The zero-order valence-corrected chi connectivity index (χ0v) is 12.3. The van der Waals surface area contributed by atoms with Crippen molar-refractivity contribution >= 4 is 0 Å². The van der Waals surface area contributed by atoms with E-state index in [-0.39, 0.29) is 17.5 Å². The molecule has 4 nitrogen and oxygen atoms in total. The lowest BCUT2D eigenvalue weighted by Crippen LogP contribution is -2.21. The third-order valence-electron chi connectivity index (χ3n) is 3.53. The summed E-state index contributed by atoms with van der Waals surface area (Å²) in [5, 5.41) is 23.0. The molecule has 1 unspecified atom stereocenters. The number of hydrogen-bond donors (Lipinski definition) is 3. The van der Waals surface area contributed by atoms with Gasteiger partial charge in [0.05, 0.1) is 12.7 Å². The number of rotatable bonds is 6. The summed E-state index contributed by atoms with van der Waals surface area (Å²) in [7, 11) is 1.66. The highest BCUT2D eigenvalue weighted by Crippen LogP contribution is 2.32. The fraction of sp³-hybridized carbons (Fsp3) is 0.294. The first-order valence-electron chi connectivity index (χ1n) is 6.99. The molecule has 0 aliphatic heterocycles. The minimum atomic E-state index is -0.138. The summed E-state index contributed by atoms with van der Waals surface area (Å²) in [6, 6.07) is 12.5. The predicted octanol–water partition coefficient (Wildman–Crippen LogP) is 3.00. The highest BCUT2D eigenvalue weighted by Gasteiger charge is 2.14. The predicted molar refractivity (Wildman–Crippen MR) is 82.9 cm³/mol. The van der Waals surface area contributed by atoms with Gasteiger partial charge < -0.3 is 20.3 Å². The first-order valence-corrected chi connectivity index (χ1v) is 6.99. The molecule has 0 heterocycles. The van der Waals surface area contributed by atoms with Crippen molar-refractivity contribution in [3.63, 3.8) is 0 Å². The molecule has 112 valence electrons. The van der Waals surface area contributed by atoms with Crippen molar-refractivity contribution in [1.82, 2.24) is 5.32 Å². The van der Waals surface area contributed by atoms with Crippen LogP contribution < -0.4 is 10.1 Å². The Kier molecular flexibility index (Phi) is 5.06. The molecule has 0 aliphatic carbocycles. The second-order valence-corrected chi connectivity index (χ2v) is 4.95. The monoisotopic (exact) mass is 287 g/mol. The van der Waals surface area contributed by atoms with Crippen molar-refractivity contribution in [2.24, 2.45) is 0 Å². The SMILES string of the molecule is COc1ccccc1CCNC(C)c1c(O)cccc1O. The van der Waals surface area contributed by atoms with Crippen molar-refractivity contribution < 1.29 is 14.9 Å². The maximum atomic E-state index is 9.84. The topological polar surface area (TPSA) is 61.7 Å². The van der Waals surface area contributed by atoms with Gasteiger partial charge in [-0.1, -0.05) is 24.3 Å². The number of nitrogens with one attached hydrogen (secondary N) is 1. The Bertz CT molecular complexity index is 578. The normalized spacial score (nSPS) is 12.1. The Balaban J connectivity index is 1.97. The number of methoxy groups -OCH3 is 1. The van der Waals surface area contributed by atoms with Gasteiger partial charge in [0.2, 0.25) is 0 Å². The van der Waals surface area contributed by atoms with Crippen LogP contribution in [0.4, 0.5) is 0 Å². The van der Waals surface area contributed by atoms with E-state index in [1.807, 2.05) is 31.2 Å². The second kappa shape index (κ2) is 6.99. The molecule has 0 amide bonds. The molecule has 4 heteroatoms. The van der Waals surface area contributed by atoms with Crippen LogP contribution in [0.25, 0.3) is 0 Å². The van der Waals surface area contributed by atoms with Crippen LogP contribution in [0, 0.1) is 0 Å². The van der Waals surface area contributed by atoms with Gasteiger partial charge in [0.25, 0.3) is 0 Å². The third kappa shape index (κ3) is 3.67. The maximum Gasteiger partial charge on any atom is 0.124 e. The van der Waals surface area contributed by atoms with Gasteiger partial charge in [-0.25, -0.2) is 0 Å². The number of benzene rings is 2. The Hall–Kier alpha value is -2.20. The molecule has 2 rings (SSSR count). The Morgan fingerprint density at radius 3 is 2.38 bits per heavy atom. The van der Waals surface area contributed by atoms with Gasteiger partial charge in [0.15, 0.2) is 0 Å². The second-order valence-electron chi connectivity index (χ2n) is 4.95. The molecule has 2 aromatic carbocycles. The van der Waals surface area contributed by atoms with E-state index in [2.05, 4.69) is 5.32 Å². The molecule has 3 N–H and O–H groups in total. The molecule has 1 atom stereocenters. The number of hydrogen-bond acceptors (Lipinski definition) is 4. The van der Waals surface area contributed by atoms with E-state index in [4.69, 9.17) is 4.74 Å². The number of phenols is 2. The average molecular weight is 287 g/mol. The van der Waals surface area contributed by atoms with Crippen LogP contribution in [0.15, 0.2) is 42.5 Å². The highest BCUT2D eigenvalue weighted by molar-refractivity contribution is 5.45. The van der Waals surface area contributed by atoms with Gasteiger partial charge in [-0.3, -0.25) is 0 Å². The smallest absolute Gasteiger partial charge is 0.124 e. The van der Waals surface area contributed by atoms with Crippen LogP contribution in [0.5, 0.6) is 17.2 Å². The fourth-order valence-electron chi connectivity index (χ4n) is 2.42. The standard InChI is InChI=1S/C17H21NO3/c1-12(17-14(19)7-5-8-15(17)20)18-11-10-13-6-3-4-9-16(13)21-2/h3-9,12,18-20H,10-11H2,1-2H3. The molecule has 0 aliphatic rings. The molecular weight excluding hydrogens is 266 g/mol.